The molecule has 0 unspecified atom stereocenters. The number of ether oxygens (including phenoxy) is 2. The van der Waals surface area contributed by atoms with E-state index in [-0.39, 0.29) is 17.9 Å². The molecule has 2 aromatic heterocycles. The molecule has 1 amide bonds. The first-order chi connectivity index (χ1) is 15.6. The van der Waals surface area contributed by atoms with Crippen LogP contribution in [0.5, 0.6) is 0 Å². The number of aromatic nitrogens is 3. The molecule has 2 N–H and O–H groups in total. The number of hydrogen-bond donors (Lipinski definition) is 2. The molecule has 0 bridgehead atoms. The highest BCUT2D eigenvalue weighted by atomic mass is 32.1. The smallest absolute Gasteiger partial charge is 0.270 e. The van der Waals surface area contributed by atoms with Crippen LogP contribution in [0.25, 0.3) is 0 Å². The summed E-state index contributed by atoms with van der Waals surface area (Å²) in [5.41, 5.74) is 1.31. The second kappa shape index (κ2) is 10.8. The maximum Gasteiger partial charge on any atom is 0.270 e. The van der Waals surface area contributed by atoms with Crippen molar-refractivity contribution < 1.29 is 14.3 Å². The minimum atomic E-state index is -0.247. The number of thiazole rings is 1. The largest absolute Gasteiger partial charge is 0.376 e. The van der Waals surface area contributed by atoms with Gasteiger partial charge in [-0.3, -0.25) is 9.69 Å². The Hall–Kier alpha value is -2.65. The third-order valence-electron chi connectivity index (χ3n) is 5.42. The van der Waals surface area contributed by atoms with Crippen molar-refractivity contribution in [3.05, 3.63) is 28.7 Å². The van der Waals surface area contributed by atoms with Crippen molar-refractivity contribution in [3.8, 4) is 6.07 Å². The number of carbonyl (C=O) groups is 1. The molecule has 4 heterocycles. The van der Waals surface area contributed by atoms with Gasteiger partial charge < -0.3 is 20.1 Å². The fraction of sp³-hybridized carbons (Fsp3) is 0.571. The number of nitrogens with one attached hydrogen (secondary N) is 2. The summed E-state index contributed by atoms with van der Waals surface area (Å²) in [6.07, 6.45) is 1.95. The zero-order valence-electron chi connectivity index (χ0n) is 18.0. The highest BCUT2D eigenvalue weighted by Crippen LogP contribution is 2.28. The van der Waals surface area contributed by atoms with Crippen LogP contribution in [0.4, 0.5) is 10.9 Å². The average Bonchev–Trinajstić information content (AvgIpc) is 3.27. The zero-order chi connectivity index (χ0) is 22.3. The van der Waals surface area contributed by atoms with Crippen LogP contribution < -0.4 is 10.6 Å². The van der Waals surface area contributed by atoms with E-state index in [0.29, 0.717) is 55.4 Å². The number of nitriles is 1. The van der Waals surface area contributed by atoms with Gasteiger partial charge >= 0.3 is 0 Å². The van der Waals surface area contributed by atoms with Crippen LogP contribution in [0, 0.1) is 18.3 Å². The lowest BCUT2D eigenvalue weighted by molar-refractivity contribution is -0.0855. The number of nitrogens with zero attached hydrogens (tertiary/aromatic N) is 5. The SMILES string of the molecule is Cc1nc(Nc2nc(C(=O)NC[C@H]3COCCO3)cs2)cc([C@H]2CCCN(CC#N)C2)n1. The molecule has 2 saturated heterocycles. The molecule has 2 fully saturated rings. The van der Waals surface area contributed by atoms with E-state index >= 15 is 0 Å². The van der Waals surface area contributed by atoms with Gasteiger partial charge in [0.05, 0.1) is 44.2 Å². The van der Waals surface area contributed by atoms with Gasteiger partial charge in [0, 0.05) is 30.5 Å². The van der Waals surface area contributed by atoms with Crippen molar-refractivity contribution in [2.75, 3.05) is 51.3 Å². The van der Waals surface area contributed by atoms with Gasteiger partial charge in [0.25, 0.3) is 5.91 Å². The average molecular weight is 458 g/mol. The number of piperidine rings is 1. The Kier molecular flexibility index (Phi) is 7.59. The van der Waals surface area contributed by atoms with Crippen LogP contribution in [0.2, 0.25) is 0 Å². The lowest BCUT2D eigenvalue weighted by Gasteiger charge is -2.30. The first-order valence-corrected chi connectivity index (χ1v) is 11.6. The van der Waals surface area contributed by atoms with Crippen LogP contribution in [-0.4, -0.2) is 77.9 Å². The Morgan fingerprint density at radius 2 is 2.28 bits per heavy atom. The minimum Gasteiger partial charge on any atom is -0.376 e. The van der Waals surface area contributed by atoms with E-state index in [1.54, 1.807) is 5.38 Å². The van der Waals surface area contributed by atoms with E-state index in [0.717, 1.165) is 31.6 Å². The molecule has 0 aromatic carbocycles. The van der Waals surface area contributed by atoms with E-state index in [1.165, 1.54) is 11.3 Å². The first-order valence-electron chi connectivity index (χ1n) is 10.8. The number of amides is 1. The summed E-state index contributed by atoms with van der Waals surface area (Å²) < 4.78 is 10.9. The van der Waals surface area contributed by atoms with Crippen LogP contribution >= 0.6 is 11.3 Å². The topological polar surface area (TPSA) is 125 Å². The summed E-state index contributed by atoms with van der Waals surface area (Å²) in [4.78, 5) is 28.1. The normalized spacial score (nSPS) is 21.6. The Balaban J connectivity index is 1.37. The molecule has 10 nitrogen and oxygen atoms in total. The monoisotopic (exact) mass is 457 g/mol. The Labute approximate surface area is 191 Å². The van der Waals surface area contributed by atoms with Gasteiger partial charge in [0.1, 0.15) is 17.3 Å². The summed E-state index contributed by atoms with van der Waals surface area (Å²) in [6, 6.07) is 4.17. The fourth-order valence-corrected chi connectivity index (χ4v) is 4.60. The lowest BCUT2D eigenvalue weighted by atomic mass is 9.94. The summed E-state index contributed by atoms with van der Waals surface area (Å²) >= 11 is 1.34. The number of aryl methyl sites for hydroxylation is 1. The van der Waals surface area contributed by atoms with Gasteiger partial charge in [-0.1, -0.05) is 0 Å². The van der Waals surface area contributed by atoms with E-state index in [2.05, 4.69) is 36.6 Å². The first kappa shape index (κ1) is 22.5. The molecule has 2 aromatic rings. The van der Waals surface area contributed by atoms with E-state index in [4.69, 9.17) is 14.7 Å². The molecule has 170 valence electrons. The fourth-order valence-electron chi connectivity index (χ4n) is 3.90. The standard InChI is InChI=1S/C21H27N7O3S/c1-14-24-17(15-3-2-5-28(11-15)6-4-22)9-19(25-14)27-21-26-18(13-32-21)20(29)23-10-16-12-30-7-8-31-16/h9,13,15-16H,2-3,5-8,10-12H2,1H3,(H,23,29)(H,24,25,26,27)/t15-,16-/m0/s1. The van der Waals surface area contributed by atoms with Crippen molar-refractivity contribution in [2.24, 2.45) is 0 Å². The zero-order valence-corrected chi connectivity index (χ0v) is 18.9. The Morgan fingerprint density at radius 3 is 3.09 bits per heavy atom. The molecule has 11 heteroatoms. The lowest BCUT2D eigenvalue weighted by Crippen LogP contribution is -2.39. The second-order valence-corrected chi connectivity index (χ2v) is 8.76. The van der Waals surface area contributed by atoms with Crippen LogP contribution in [0.1, 0.15) is 40.8 Å². The molecule has 0 radical (unpaired) electrons. The Morgan fingerprint density at radius 1 is 1.38 bits per heavy atom. The molecule has 0 spiro atoms. The summed E-state index contributed by atoms with van der Waals surface area (Å²) in [5.74, 6) is 1.34. The molecule has 0 aliphatic carbocycles. The van der Waals surface area contributed by atoms with Gasteiger partial charge in [-0.15, -0.1) is 11.3 Å². The Bertz CT molecular complexity index is 971. The third-order valence-corrected chi connectivity index (χ3v) is 6.18. The molecule has 2 atom stereocenters. The molecular weight excluding hydrogens is 430 g/mol. The number of hydrogen-bond acceptors (Lipinski definition) is 10. The summed E-state index contributed by atoms with van der Waals surface area (Å²) in [7, 11) is 0. The minimum absolute atomic E-state index is 0.129. The highest BCUT2D eigenvalue weighted by Gasteiger charge is 2.23. The maximum atomic E-state index is 12.4. The highest BCUT2D eigenvalue weighted by molar-refractivity contribution is 7.14. The second-order valence-electron chi connectivity index (χ2n) is 7.90. The summed E-state index contributed by atoms with van der Waals surface area (Å²) in [5, 5.41) is 17.3. The predicted octanol–water partition coefficient (Wildman–Crippen LogP) is 1.83. The van der Waals surface area contributed by atoms with E-state index < -0.39 is 0 Å². The van der Waals surface area contributed by atoms with Gasteiger partial charge in [0.15, 0.2) is 5.13 Å². The van der Waals surface area contributed by atoms with Crippen LogP contribution in [0.3, 0.4) is 0 Å². The quantitative estimate of drug-likeness (QED) is 0.599. The van der Waals surface area contributed by atoms with Crippen molar-refractivity contribution in [3.63, 3.8) is 0 Å². The van der Waals surface area contributed by atoms with E-state index in [9.17, 15) is 4.79 Å². The molecule has 32 heavy (non-hydrogen) atoms. The number of anilines is 2. The molecule has 2 aliphatic heterocycles. The number of carbonyl (C=O) groups excluding carboxylic acids is 1. The van der Waals surface area contributed by atoms with Crippen molar-refractivity contribution in [1.29, 1.82) is 5.26 Å². The summed E-state index contributed by atoms with van der Waals surface area (Å²) in [6.45, 7) is 6.08. The van der Waals surface area contributed by atoms with Crippen LogP contribution in [-0.2, 0) is 9.47 Å². The molecule has 0 saturated carbocycles. The molecular formula is C21H27N7O3S. The number of likely N-dealkylation sites (tertiary alicyclic amines) is 1. The number of rotatable bonds is 7. The van der Waals surface area contributed by atoms with Gasteiger partial charge in [-0.2, -0.15) is 5.26 Å². The van der Waals surface area contributed by atoms with Crippen LogP contribution in [0.15, 0.2) is 11.4 Å². The van der Waals surface area contributed by atoms with Crippen molar-refractivity contribution in [1.82, 2.24) is 25.2 Å². The van der Waals surface area contributed by atoms with Crippen molar-refractivity contribution >= 4 is 28.2 Å². The van der Waals surface area contributed by atoms with Gasteiger partial charge in [-0.25, -0.2) is 15.0 Å². The maximum absolute atomic E-state index is 12.4. The van der Waals surface area contributed by atoms with Gasteiger partial charge in [-0.05, 0) is 26.3 Å². The third kappa shape index (κ3) is 5.98. The van der Waals surface area contributed by atoms with Crippen molar-refractivity contribution in [2.45, 2.75) is 31.8 Å². The van der Waals surface area contributed by atoms with E-state index in [1.807, 2.05) is 13.0 Å². The molecule has 2 aliphatic rings. The van der Waals surface area contributed by atoms with Gasteiger partial charge in [0.2, 0.25) is 0 Å². The molecule has 4 rings (SSSR count). The predicted molar refractivity (Wildman–Crippen MR) is 119 cm³/mol.